The van der Waals surface area contributed by atoms with Crippen LogP contribution in [0.1, 0.15) is 12.5 Å². The van der Waals surface area contributed by atoms with Gasteiger partial charge in [-0.3, -0.25) is 0 Å². The first kappa shape index (κ1) is 10.0. The standard InChI is InChI=1S/C9H8ClN3O2/c1-5-7(3-14)8(13-15-5)6-2-11-4-12-9(6)10/h2-5,7H,1H3. The van der Waals surface area contributed by atoms with Gasteiger partial charge in [0.1, 0.15) is 35.5 Å². The lowest BCUT2D eigenvalue weighted by molar-refractivity contribution is -0.111. The predicted molar refractivity (Wildman–Crippen MR) is 53.7 cm³/mol. The zero-order valence-corrected chi connectivity index (χ0v) is 8.68. The number of oxime groups is 1. The Bertz CT molecular complexity index is 422. The molecule has 1 aromatic heterocycles. The van der Waals surface area contributed by atoms with Crippen LogP contribution in [0.4, 0.5) is 0 Å². The summed E-state index contributed by atoms with van der Waals surface area (Å²) in [5.74, 6) is -0.409. The van der Waals surface area contributed by atoms with E-state index in [2.05, 4.69) is 15.1 Å². The fourth-order valence-electron chi connectivity index (χ4n) is 1.38. The first-order chi connectivity index (χ1) is 7.24. The molecule has 0 amide bonds. The zero-order chi connectivity index (χ0) is 10.8. The lowest BCUT2D eigenvalue weighted by atomic mass is 9.96. The van der Waals surface area contributed by atoms with Crippen LogP contribution in [0.2, 0.25) is 5.15 Å². The quantitative estimate of drug-likeness (QED) is 0.558. The molecular formula is C9H8ClN3O2. The molecular weight excluding hydrogens is 218 g/mol. The van der Waals surface area contributed by atoms with Crippen LogP contribution in [0.3, 0.4) is 0 Å². The minimum Gasteiger partial charge on any atom is -0.391 e. The van der Waals surface area contributed by atoms with Crippen molar-refractivity contribution in [3.05, 3.63) is 23.2 Å². The van der Waals surface area contributed by atoms with Crippen molar-refractivity contribution in [2.75, 3.05) is 0 Å². The molecule has 1 aromatic rings. The highest BCUT2D eigenvalue weighted by molar-refractivity contribution is 6.33. The van der Waals surface area contributed by atoms with Crippen LogP contribution in [-0.4, -0.2) is 28.1 Å². The van der Waals surface area contributed by atoms with Crippen molar-refractivity contribution in [2.45, 2.75) is 13.0 Å². The molecule has 0 saturated carbocycles. The Morgan fingerprint density at radius 3 is 3.07 bits per heavy atom. The van der Waals surface area contributed by atoms with Gasteiger partial charge in [0.05, 0.1) is 5.56 Å². The average Bonchev–Trinajstić information content (AvgIpc) is 2.60. The molecule has 5 nitrogen and oxygen atoms in total. The molecule has 0 spiro atoms. The van der Waals surface area contributed by atoms with Crippen LogP contribution in [0.15, 0.2) is 17.7 Å². The second kappa shape index (κ2) is 3.94. The molecule has 2 rings (SSSR count). The van der Waals surface area contributed by atoms with Gasteiger partial charge in [0.2, 0.25) is 0 Å². The number of carbonyl (C=O) groups is 1. The number of aromatic nitrogens is 2. The molecule has 2 heterocycles. The highest BCUT2D eigenvalue weighted by atomic mass is 35.5. The first-order valence-corrected chi connectivity index (χ1v) is 4.76. The number of nitrogens with zero attached hydrogens (tertiary/aromatic N) is 3. The van der Waals surface area contributed by atoms with Gasteiger partial charge in [-0.1, -0.05) is 16.8 Å². The van der Waals surface area contributed by atoms with Crippen LogP contribution < -0.4 is 0 Å². The second-order valence-corrected chi connectivity index (χ2v) is 3.53. The zero-order valence-electron chi connectivity index (χ0n) is 7.92. The maximum absolute atomic E-state index is 10.9. The van der Waals surface area contributed by atoms with Crippen LogP contribution >= 0.6 is 11.6 Å². The summed E-state index contributed by atoms with van der Waals surface area (Å²) in [6.07, 6.45) is 3.38. The smallest absolute Gasteiger partial charge is 0.141 e. The lowest BCUT2D eigenvalue weighted by Gasteiger charge is -2.07. The van der Waals surface area contributed by atoms with Gasteiger partial charge < -0.3 is 9.63 Å². The molecule has 2 unspecified atom stereocenters. The molecule has 0 aromatic carbocycles. The molecule has 1 aliphatic heterocycles. The molecule has 15 heavy (non-hydrogen) atoms. The minimum absolute atomic E-state index is 0.270. The number of rotatable bonds is 2. The van der Waals surface area contributed by atoms with E-state index in [1.54, 1.807) is 6.92 Å². The van der Waals surface area contributed by atoms with Crippen LogP contribution in [-0.2, 0) is 9.63 Å². The SMILES string of the molecule is CC1ON=C(c2cncnc2Cl)C1C=O. The molecule has 2 atom stereocenters. The highest BCUT2D eigenvalue weighted by Crippen LogP contribution is 2.24. The molecule has 0 bridgehead atoms. The Morgan fingerprint density at radius 1 is 1.60 bits per heavy atom. The molecule has 78 valence electrons. The van der Waals surface area contributed by atoms with E-state index in [-0.39, 0.29) is 11.3 Å². The van der Waals surface area contributed by atoms with Gasteiger partial charge in [0.15, 0.2) is 0 Å². The third kappa shape index (κ3) is 1.70. The summed E-state index contributed by atoms with van der Waals surface area (Å²) in [5, 5.41) is 4.09. The number of aldehydes is 1. The van der Waals surface area contributed by atoms with E-state index in [1.807, 2.05) is 0 Å². The van der Waals surface area contributed by atoms with Gasteiger partial charge in [-0.2, -0.15) is 0 Å². The van der Waals surface area contributed by atoms with Gasteiger partial charge in [-0.05, 0) is 6.92 Å². The fourth-order valence-corrected chi connectivity index (χ4v) is 1.57. The maximum Gasteiger partial charge on any atom is 0.141 e. The summed E-state index contributed by atoms with van der Waals surface area (Å²) in [4.78, 5) is 23.5. The van der Waals surface area contributed by atoms with Crippen molar-refractivity contribution in [3.8, 4) is 0 Å². The van der Waals surface area contributed by atoms with Crippen molar-refractivity contribution in [1.82, 2.24) is 9.97 Å². The fraction of sp³-hybridized carbons (Fsp3) is 0.333. The van der Waals surface area contributed by atoms with Gasteiger partial charge in [0, 0.05) is 6.20 Å². The number of hydrogen-bond acceptors (Lipinski definition) is 5. The van der Waals surface area contributed by atoms with E-state index in [9.17, 15) is 4.79 Å². The number of hydrogen-bond donors (Lipinski definition) is 0. The molecule has 6 heteroatoms. The van der Waals surface area contributed by atoms with Crippen LogP contribution in [0, 0.1) is 5.92 Å². The number of halogens is 1. The lowest BCUT2D eigenvalue weighted by Crippen LogP contribution is -2.23. The Labute approximate surface area is 91.1 Å². The van der Waals surface area contributed by atoms with E-state index in [4.69, 9.17) is 16.4 Å². The third-order valence-corrected chi connectivity index (χ3v) is 2.53. The van der Waals surface area contributed by atoms with Gasteiger partial charge in [-0.15, -0.1) is 0 Å². The second-order valence-electron chi connectivity index (χ2n) is 3.18. The van der Waals surface area contributed by atoms with Gasteiger partial charge >= 0.3 is 0 Å². The monoisotopic (exact) mass is 225 g/mol. The van der Waals surface area contributed by atoms with Crippen molar-refractivity contribution < 1.29 is 9.63 Å². The van der Waals surface area contributed by atoms with E-state index in [0.717, 1.165) is 6.29 Å². The van der Waals surface area contributed by atoms with E-state index in [0.29, 0.717) is 11.3 Å². The Balaban J connectivity index is 2.40. The molecule has 1 aliphatic rings. The summed E-state index contributed by atoms with van der Waals surface area (Å²) in [7, 11) is 0. The van der Waals surface area contributed by atoms with Gasteiger partial charge in [0.25, 0.3) is 0 Å². The molecule has 0 N–H and O–H groups in total. The van der Waals surface area contributed by atoms with Crippen molar-refractivity contribution in [2.24, 2.45) is 11.1 Å². The summed E-state index contributed by atoms with van der Waals surface area (Å²) in [5.41, 5.74) is 1.03. The minimum atomic E-state index is -0.409. The Kier molecular flexibility index (Phi) is 2.64. The molecule has 0 saturated heterocycles. The van der Waals surface area contributed by atoms with Crippen molar-refractivity contribution >= 4 is 23.6 Å². The number of carbonyl (C=O) groups excluding carboxylic acids is 1. The van der Waals surface area contributed by atoms with Crippen LogP contribution in [0.25, 0.3) is 0 Å². The van der Waals surface area contributed by atoms with E-state index in [1.165, 1.54) is 12.5 Å². The highest BCUT2D eigenvalue weighted by Gasteiger charge is 2.32. The summed E-state index contributed by atoms with van der Waals surface area (Å²) < 4.78 is 0. The topological polar surface area (TPSA) is 64.4 Å². The molecule has 0 radical (unpaired) electrons. The summed E-state index contributed by atoms with van der Waals surface area (Å²) in [6.45, 7) is 1.77. The van der Waals surface area contributed by atoms with Crippen molar-refractivity contribution in [1.29, 1.82) is 0 Å². The van der Waals surface area contributed by atoms with Gasteiger partial charge in [-0.25, -0.2) is 9.97 Å². The largest absolute Gasteiger partial charge is 0.391 e. The first-order valence-electron chi connectivity index (χ1n) is 4.39. The molecule has 0 aliphatic carbocycles. The maximum atomic E-state index is 10.9. The Hall–Kier alpha value is -1.49. The third-order valence-electron chi connectivity index (χ3n) is 2.22. The van der Waals surface area contributed by atoms with Crippen LogP contribution in [0.5, 0.6) is 0 Å². The van der Waals surface area contributed by atoms with Crippen molar-refractivity contribution in [3.63, 3.8) is 0 Å². The van der Waals surface area contributed by atoms with E-state index < -0.39 is 5.92 Å². The average molecular weight is 226 g/mol. The molecule has 0 fully saturated rings. The van der Waals surface area contributed by atoms with E-state index >= 15 is 0 Å². The summed E-state index contributed by atoms with van der Waals surface area (Å²) >= 11 is 5.87. The normalized spacial score (nSPS) is 24.5. The Morgan fingerprint density at radius 2 is 2.40 bits per heavy atom. The summed E-state index contributed by atoms with van der Waals surface area (Å²) in [6, 6.07) is 0. The predicted octanol–water partition coefficient (Wildman–Crippen LogP) is 1.07.